The first-order valence-corrected chi connectivity index (χ1v) is 17.9. The Morgan fingerprint density at radius 1 is 0.320 bits per heavy atom. The zero-order chi connectivity index (χ0) is 34.4. The number of benzene rings is 8. The van der Waals surface area contributed by atoms with E-state index in [4.69, 9.17) is 0 Å². The lowest BCUT2D eigenvalue weighted by Gasteiger charge is -2.23. The van der Waals surface area contributed by atoms with Crippen LogP contribution in [0.4, 0.5) is 0 Å². The minimum atomic E-state index is 0.0899. The van der Waals surface area contributed by atoms with Crippen molar-refractivity contribution in [2.75, 3.05) is 0 Å². The van der Waals surface area contributed by atoms with E-state index < -0.39 is 0 Å². The van der Waals surface area contributed by atoms with Gasteiger partial charge in [-0.05, 0) is 116 Å². The summed E-state index contributed by atoms with van der Waals surface area (Å²) in [6, 6.07) is 55.1. The topological polar surface area (TPSA) is 0 Å². The second kappa shape index (κ2) is 11.0. The molecule has 0 saturated heterocycles. The van der Waals surface area contributed by atoms with Crippen molar-refractivity contribution in [3.63, 3.8) is 0 Å². The van der Waals surface area contributed by atoms with E-state index in [0.717, 1.165) is 0 Å². The zero-order valence-electron chi connectivity index (χ0n) is 29.9. The quantitative estimate of drug-likeness (QED) is 0.180. The van der Waals surface area contributed by atoms with Crippen LogP contribution in [0, 0.1) is 0 Å². The van der Waals surface area contributed by atoms with E-state index in [-0.39, 0.29) is 10.8 Å². The number of fused-ring (bicyclic) bond motifs is 5. The van der Waals surface area contributed by atoms with Gasteiger partial charge in [0.1, 0.15) is 0 Å². The van der Waals surface area contributed by atoms with Crippen LogP contribution in [0.2, 0.25) is 0 Å². The average molecular weight is 643 g/mol. The fourth-order valence-electron chi connectivity index (χ4n) is 8.28. The van der Waals surface area contributed by atoms with E-state index in [1.165, 1.54) is 99.1 Å². The van der Waals surface area contributed by atoms with Crippen molar-refractivity contribution in [1.29, 1.82) is 0 Å². The molecule has 1 aliphatic carbocycles. The van der Waals surface area contributed by atoms with Gasteiger partial charge in [0.25, 0.3) is 0 Å². The molecular weight excluding hydrogens is 601 g/mol. The third-order valence-electron chi connectivity index (χ3n) is 10.9. The Morgan fingerprint density at radius 2 is 0.780 bits per heavy atom. The van der Waals surface area contributed by atoms with Gasteiger partial charge in [-0.15, -0.1) is 0 Å². The molecule has 9 rings (SSSR count). The fraction of sp³-hybridized carbons (Fsp3) is 0.160. The van der Waals surface area contributed by atoms with Crippen LogP contribution >= 0.6 is 0 Å². The molecule has 0 N–H and O–H groups in total. The average Bonchev–Trinajstić information content (AvgIpc) is 3.45. The van der Waals surface area contributed by atoms with Gasteiger partial charge in [0.05, 0.1) is 0 Å². The van der Waals surface area contributed by atoms with E-state index in [1.54, 1.807) is 0 Å². The summed E-state index contributed by atoms with van der Waals surface area (Å²) in [7, 11) is 0. The van der Waals surface area contributed by atoms with Gasteiger partial charge in [-0.1, -0.05) is 181 Å². The molecule has 0 bridgehead atoms. The molecule has 0 aromatic heterocycles. The maximum atomic E-state index is 2.40. The molecule has 0 unspecified atom stereocenters. The van der Waals surface area contributed by atoms with Crippen LogP contribution in [0.5, 0.6) is 0 Å². The van der Waals surface area contributed by atoms with Crippen LogP contribution in [0.1, 0.15) is 52.7 Å². The monoisotopic (exact) mass is 642 g/mol. The van der Waals surface area contributed by atoms with Gasteiger partial charge in [0.15, 0.2) is 0 Å². The first-order chi connectivity index (χ1) is 24.1. The highest BCUT2D eigenvalue weighted by Crippen LogP contribution is 2.58. The Kier molecular flexibility index (Phi) is 6.74. The normalized spacial score (nSPS) is 12.6. The van der Waals surface area contributed by atoms with Crippen LogP contribution in [-0.4, -0.2) is 0 Å². The predicted octanol–water partition coefficient (Wildman–Crippen LogP) is 14.4. The lowest BCUT2D eigenvalue weighted by atomic mass is 9.80. The molecule has 0 heteroatoms. The highest BCUT2D eigenvalue weighted by atomic mass is 14.3. The molecule has 242 valence electrons. The Labute approximate surface area is 296 Å². The molecule has 0 saturated carbocycles. The molecule has 0 heterocycles. The minimum absolute atomic E-state index is 0.0899. The lowest BCUT2D eigenvalue weighted by Crippen LogP contribution is -2.10. The summed E-state index contributed by atoms with van der Waals surface area (Å²) >= 11 is 0. The van der Waals surface area contributed by atoms with Crippen LogP contribution in [0.25, 0.3) is 88.0 Å². The summed E-state index contributed by atoms with van der Waals surface area (Å²) < 4.78 is 0. The maximum Gasteiger partial charge on any atom is -0.000741 e. The second-order valence-corrected chi connectivity index (χ2v) is 16.2. The van der Waals surface area contributed by atoms with Crippen LogP contribution in [0.15, 0.2) is 146 Å². The molecule has 50 heavy (non-hydrogen) atoms. The molecule has 0 aliphatic heterocycles. The van der Waals surface area contributed by atoms with Gasteiger partial charge in [-0.2, -0.15) is 0 Å². The first-order valence-electron chi connectivity index (χ1n) is 17.9. The lowest BCUT2D eigenvalue weighted by molar-refractivity contribution is 0.590. The number of rotatable bonds is 3. The van der Waals surface area contributed by atoms with Gasteiger partial charge in [0, 0.05) is 0 Å². The minimum Gasteiger partial charge on any atom is -0.0616 e. The number of hydrogen-bond donors (Lipinski definition) is 0. The van der Waals surface area contributed by atoms with Crippen molar-refractivity contribution in [2.24, 2.45) is 0 Å². The SMILES string of the molecule is CC(C)(C)c1ccc(-c2c3c(c(-c4ccc(C(C)(C)C)cc4)c4ccccc24)-c2ccc(-c4ccc5ccccc5c4)c4cccc-3c24)cc1. The smallest absolute Gasteiger partial charge is 0.000741 e. The molecule has 1 aliphatic rings. The second-order valence-electron chi connectivity index (χ2n) is 16.2. The van der Waals surface area contributed by atoms with E-state index in [0.29, 0.717) is 0 Å². The van der Waals surface area contributed by atoms with Crippen molar-refractivity contribution in [1.82, 2.24) is 0 Å². The largest absolute Gasteiger partial charge is 0.0616 e. The molecule has 0 amide bonds. The van der Waals surface area contributed by atoms with Crippen LogP contribution in [-0.2, 0) is 10.8 Å². The summed E-state index contributed by atoms with van der Waals surface area (Å²) in [4.78, 5) is 0. The van der Waals surface area contributed by atoms with Gasteiger partial charge in [-0.3, -0.25) is 0 Å². The van der Waals surface area contributed by atoms with Gasteiger partial charge < -0.3 is 0 Å². The van der Waals surface area contributed by atoms with Gasteiger partial charge in [0.2, 0.25) is 0 Å². The van der Waals surface area contributed by atoms with Crippen molar-refractivity contribution >= 4 is 32.3 Å². The molecule has 8 aromatic rings. The molecule has 0 atom stereocenters. The van der Waals surface area contributed by atoms with Crippen molar-refractivity contribution in [3.8, 4) is 55.6 Å². The van der Waals surface area contributed by atoms with Gasteiger partial charge >= 0.3 is 0 Å². The predicted molar refractivity (Wildman–Crippen MR) is 217 cm³/mol. The molecule has 8 aromatic carbocycles. The Morgan fingerprint density at radius 3 is 1.34 bits per heavy atom. The van der Waals surface area contributed by atoms with E-state index in [9.17, 15) is 0 Å². The Balaban J connectivity index is 1.38. The number of hydrogen-bond acceptors (Lipinski definition) is 0. The molecule has 0 fully saturated rings. The summed E-state index contributed by atoms with van der Waals surface area (Å²) in [6.45, 7) is 13.7. The van der Waals surface area contributed by atoms with E-state index >= 15 is 0 Å². The standard InChI is InChI=1S/C50H42/c1-49(2,3)36-24-20-32(21-25-36)44-40-14-9-10-15-41(40)45(33-22-26-37(27-23-33)50(4,5)6)48-43-29-28-38(39-16-11-17-42(46(39)43)47(44)48)35-19-18-31-12-7-8-13-34(31)30-35/h7-30H,1-6H3. The third kappa shape index (κ3) is 4.73. The highest BCUT2D eigenvalue weighted by Gasteiger charge is 2.31. The summed E-state index contributed by atoms with van der Waals surface area (Å²) in [5, 5.41) is 7.78. The molecule has 0 spiro atoms. The summed E-state index contributed by atoms with van der Waals surface area (Å²) in [6.07, 6.45) is 0. The van der Waals surface area contributed by atoms with Crippen molar-refractivity contribution < 1.29 is 0 Å². The van der Waals surface area contributed by atoms with Crippen LogP contribution < -0.4 is 0 Å². The fourth-order valence-corrected chi connectivity index (χ4v) is 8.28. The molecule has 0 nitrogen and oxygen atoms in total. The van der Waals surface area contributed by atoms with E-state index in [1.807, 2.05) is 0 Å². The maximum absolute atomic E-state index is 2.40. The summed E-state index contributed by atoms with van der Waals surface area (Å²) in [5.41, 5.74) is 15.9. The zero-order valence-corrected chi connectivity index (χ0v) is 29.9. The first kappa shape index (κ1) is 30.6. The van der Waals surface area contributed by atoms with Gasteiger partial charge in [-0.25, -0.2) is 0 Å². The van der Waals surface area contributed by atoms with Crippen molar-refractivity contribution in [3.05, 3.63) is 157 Å². The third-order valence-corrected chi connectivity index (χ3v) is 10.9. The van der Waals surface area contributed by atoms with Crippen LogP contribution in [0.3, 0.4) is 0 Å². The van der Waals surface area contributed by atoms with E-state index in [2.05, 4.69) is 187 Å². The Hall–Kier alpha value is -5.46. The summed E-state index contributed by atoms with van der Waals surface area (Å²) in [5.74, 6) is 0. The van der Waals surface area contributed by atoms with Crippen molar-refractivity contribution in [2.45, 2.75) is 52.4 Å². The Bertz CT molecular complexity index is 2510. The highest BCUT2D eigenvalue weighted by molar-refractivity contribution is 6.28. The molecular formula is C50H42. The molecule has 0 radical (unpaired) electrons.